The van der Waals surface area contributed by atoms with Crippen molar-refractivity contribution in [2.75, 3.05) is 6.61 Å². The van der Waals surface area contributed by atoms with Crippen LogP contribution in [0.2, 0.25) is 0 Å². The quantitative estimate of drug-likeness (QED) is 0.850. The van der Waals surface area contributed by atoms with Crippen molar-refractivity contribution in [2.45, 2.75) is 25.4 Å². The van der Waals surface area contributed by atoms with Crippen LogP contribution >= 0.6 is 15.9 Å². The van der Waals surface area contributed by atoms with Gasteiger partial charge in [-0.1, -0.05) is 34.1 Å². The van der Waals surface area contributed by atoms with Gasteiger partial charge in [-0.05, 0) is 30.9 Å². The minimum absolute atomic E-state index is 0.146. The van der Waals surface area contributed by atoms with Gasteiger partial charge in [-0.2, -0.15) is 0 Å². The first-order valence-electron chi connectivity index (χ1n) is 4.76. The summed E-state index contributed by atoms with van der Waals surface area (Å²) >= 11 is 3.43. The van der Waals surface area contributed by atoms with Crippen molar-refractivity contribution in [3.63, 3.8) is 0 Å². The van der Waals surface area contributed by atoms with Crippen LogP contribution in [0.5, 0.6) is 0 Å². The van der Waals surface area contributed by atoms with Gasteiger partial charge in [-0.3, -0.25) is 0 Å². The highest BCUT2D eigenvalue weighted by Crippen LogP contribution is 2.18. The van der Waals surface area contributed by atoms with Crippen molar-refractivity contribution < 1.29 is 10.2 Å². The summed E-state index contributed by atoms with van der Waals surface area (Å²) in [4.78, 5) is 0. The second kappa shape index (κ2) is 6.17. The topological polar surface area (TPSA) is 40.5 Å². The third kappa shape index (κ3) is 3.78. The van der Waals surface area contributed by atoms with E-state index in [0.717, 1.165) is 10.0 Å². The van der Waals surface area contributed by atoms with Gasteiger partial charge in [0.2, 0.25) is 0 Å². The van der Waals surface area contributed by atoms with E-state index in [0.29, 0.717) is 19.3 Å². The summed E-state index contributed by atoms with van der Waals surface area (Å²) in [5, 5.41) is 18.2. The maximum absolute atomic E-state index is 9.63. The summed E-state index contributed by atoms with van der Waals surface area (Å²) in [6, 6.07) is 7.87. The Hall–Kier alpha value is -0.380. The van der Waals surface area contributed by atoms with Crippen LogP contribution < -0.4 is 0 Å². The molecule has 0 fully saturated rings. The van der Waals surface area contributed by atoms with Crippen LogP contribution in [-0.2, 0) is 6.42 Å². The molecule has 1 unspecified atom stereocenters. The van der Waals surface area contributed by atoms with Crippen LogP contribution in [0.25, 0.3) is 0 Å². The number of aliphatic hydroxyl groups is 2. The molecule has 1 rings (SSSR count). The molecule has 3 heteroatoms. The number of benzene rings is 1. The standard InChI is InChI=1S/C11H15BrO2/c12-11-6-2-1-4-9(11)8-10(14)5-3-7-13/h1-2,4,6,10,13-14H,3,5,7-8H2. The average molecular weight is 259 g/mol. The molecule has 1 aromatic rings. The summed E-state index contributed by atoms with van der Waals surface area (Å²) in [6.45, 7) is 0.146. The van der Waals surface area contributed by atoms with E-state index in [1.165, 1.54) is 0 Å². The third-order valence-electron chi connectivity index (χ3n) is 2.11. The Bertz CT molecular complexity index is 276. The monoisotopic (exact) mass is 258 g/mol. The Morgan fingerprint density at radius 2 is 2.00 bits per heavy atom. The lowest BCUT2D eigenvalue weighted by Crippen LogP contribution is -2.11. The molecule has 0 aromatic heterocycles. The van der Waals surface area contributed by atoms with Crippen LogP contribution in [0.3, 0.4) is 0 Å². The Morgan fingerprint density at radius 3 is 2.64 bits per heavy atom. The number of rotatable bonds is 5. The highest BCUT2D eigenvalue weighted by Gasteiger charge is 2.06. The Labute approximate surface area is 92.7 Å². The predicted octanol–water partition coefficient (Wildman–Crippen LogP) is 2.12. The molecule has 0 aliphatic rings. The molecule has 1 aromatic carbocycles. The summed E-state index contributed by atoms with van der Waals surface area (Å²) in [7, 11) is 0. The van der Waals surface area contributed by atoms with Gasteiger partial charge in [0.15, 0.2) is 0 Å². The van der Waals surface area contributed by atoms with E-state index in [9.17, 15) is 5.11 Å². The highest BCUT2D eigenvalue weighted by molar-refractivity contribution is 9.10. The van der Waals surface area contributed by atoms with Gasteiger partial charge in [-0.15, -0.1) is 0 Å². The predicted molar refractivity (Wildman–Crippen MR) is 60.2 cm³/mol. The van der Waals surface area contributed by atoms with Gasteiger partial charge >= 0.3 is 0 Å². The number of aliphatic hydroxyl groups excluding tert-OH is 2. The van der Waals surface area contributed by atoms with Crippen LogP contribution in [-0.4, -0.2) is 22.9 Å². The lowest BCUT2D eigenvalue weighted by Gasteiger charge is -2.10. The maximum Gasteiger partial charge on any atom is 0.0581 e. The fourth-order valence-electron chi connectivity index (χ4n) is 1.35. The van der Waals surface area contributed by atoms with E-state index in [1.54, 1.807) is 0 Å². The first kappa shape index (κ1) is 11.7. The number of hydrogen-bond acceptors (Lipinski definition) is 2. The molecule has 78 valence electrons. The Morgan fingerprint density at radius 1 is 1.29 bits per heavy atom. The van der Waals surface area contributed by atoms with Crippen molar-refractivity contribution in [1.82, 2.24) is 0 Å². The molecular weight excluding hydrogens is 244 g/mol. The zero-order chi connectivity index (χ0) is 10.4. The van der Waals surface area contributed by atoms with Gasteiger partial charge in [-0.25, -0.2) is 0 Å². The third-order valence-corrected chi connectivity index (χ3v) is 2.88. The van der Waals surface area contributed by atoms with Crippen molar-refractivity contribution in [1.29, 1.82) is 0 Å². The second-order valence-electron chi connectivity index (χ2n) is 3.32. The van der Waals surface area contributed by atoms with E-state index < -0.39 is 0 Å². The van der Waals surface area contributed by atoms with Gasteiger partial charge < -0.3 is 10.2 Å². The van der Waals surface area contributed by atoms with Crippen LogP contribution in [0.15, 0.2) is 28.7 Å². The van der Waals surface area contributed by atoms with Crippen LogP contribution in [0.4, 0.5) is 0 Å². The second-order valence-corrected chi connectivity index (χ2v) is 4.17. The molecule has 0 heterocycles. The van der Waals surface area contributed by atoms with Crippen LogP contribution in [0.1, 0.15) is 18.4 Å². The smallest absolute Gasteiger partial charge is 0.0581 e. The summed E-state index contributed by atoms with van der Waals surface area (Å²) < 4.78 is 1.03. The van der Waals surface area contributed by atoms with E-state index in [2.05, 4.69) is 15.9 Å². The van der Waals surface area contributed by atoms with E-state index in [-0.39, 0.29) is 12.7 Å². The number of halogens is 1. The first-order valence-corrected chi connectivity index (χ1v) is 5.55. The Kier molecular flexibility index (Phi) is 5.15. The maximum atomic E-state index is 9.63. The molecule has 0 saturated heterocycles. The number of hydrogen-bond donors (Lipinski definition) is 2. The molecule has 0 saturated carbocycles. The zero-order valence-corrected chi connectivity index (χ0v) is 9.57. The van der Waals surface area contributed by atoms with E-state index in [1.807, 2.05) is 24.3 Å². The van der Waals surface area contributed by atoms with Crippen molar-refractivity contribution in [3.8, 4) is 0 Å². The summed E-state index contributed by atoms with van der Waals surface area (Å²) in [5.74, 6) is 0. The van der Waals surface area contributed by atoms with Crippen molar-refractivity contribution >= 4 is 15.9 Å². The van der Waals surface area contributed by atoms with Gasteiger partial charge in [0.05, 0.1) is 6.10 Å². The van der Waals surface area contributed by atoms with E-state index >= 15 is 0 Å². The lowest BCUT2D eigenvalue weighted by atomic mass is 10.0. The zero-order valence-electron chi connectivity index (χ0n) is 7.99. The normalized spacial score (nSPS) is 12.8. The molecule has 0 aliphatic carbocycles. The molecule has 14 heavy (non-hydrogen) atoms. The molecule has 0 amide bonds. The van der Waals surface area contributed by atoms with Gasteiger partial charge in [0.25, 0.3) is 0 Å². The van der Waals surface area contributed by atoms with Gasteiger partial charge in [0.1, 0.15) is 0 Å². The van der Waals surface area contributed by atoms with E-state index in [4.69, 9.17) is 5.11 Å². The lowest BCUT2D eigenvalue weighted by molar-refractivity contribution is 0.150. The molecule has 1 atom stereocenters. The first-order chi connectivity index (χ1) is 6.74. The molecule has 0 aliphatic heterocycles. The average Bonchev–Trinajstić information content (AvgIpc) is 2.18. The van der Waals surface area contributed by atoms with Crippen molar-refractivity contribution in [3.05, 3.63) is 34.3 Å². The molecule has 0 radical (unpaired) electrons. The Balaban J connectivity index is 2.47. The molecule has 2 nitrogen and oxygen atoms in total. The molecule has 2 N–H and O–H groups in total. The molecule has 0 bridgehead atoms. The van der Waals surface area contributed by atoms with Crippen LogP contribution in [0, 0.1) is 0 Å². The molecular formula is C11H15BrO2. The minimum atomic E-state index is -0.360. The van der Waals surface area contributed by atoms with Gasteiger partial charge in [0, 0.05) is 11.1 Å². The SMILES string of the molecule is OCCCC(O)Cc1ccccc1Br. The summed E-state index contributed by atoms with van der Waals surface area (Å²) in [5.41, 5.74) is 1.11. The minimum Gasteiger partial charge on any atom is -0.396 e. The highest BCUT2D eigenvalue weighted by atomic mass is 79.9. The fraction of sp³-hybridized carbons (Fsp3) is 0.455. The summed E-state index contributed by atoms with van der Waals surface area (Å²) in [6.07, 6.45) is 1.59. The molecule has 0 spiro atoms. The van der Waals surface area contributed by atoms with Crippen molar-refractivity contribution in [2.24, 2.45) is 0 Å². The largest absolute Gasteiger partial charge is 0.396 e. The fourth-order valence-corrected chi connectivity index (χ4v) is 1.79.